The standard InChI is InChI=1S/C12H12BrF3N2O/c13-7-3-4-9(8(6-7)12(14,15)16)18-11(19)10-2-1-5-17-10/h3-4,6,10,17H,1-2,5H2,(H,18,19)/t10-/m1/s1. The zero-order valence-corrected chi connectivity index (χ0v) is 11.4. The lowest BCUT2D eigenvalue weighted by atomic mass is 10.1. The van der Waals surface area contributed by atoms with Crippen LogP contribution in [0.3, 0.4) is 0 Å². The summed E-state index contributed by atoms with van der Waals surface area (Å²) in [7, 11) is 0. The van der Waals surface area contributed by atoms with Gasteiger partial charge in [-0.05, 0) is 37.6 Å². The predicted octanol–water partition coefficient (Wildman–Crippen LogP) is 3.16. The Morgan fingerprint density at radius 3 is 2.74 bits per heavy atom. The normalized spacial score (nSPS) is 19.5. The molecule has 3 nitrogen and oxygen atoms in total. The first kappa shape index (κ1) is 14.3. The Morgan fingerprint density at radius 2 is 2.16 bits per heavy atom. The Bertz CT molecular complexity index is 484. The minimum absolute atomic E-state index is 0.214. The van der Waals surface area contributed by atoms with Crippen LogP contribution in [0.4, 0.5) is 18.9 Å². The van der Waals surface area contributed by atoms with Crippen molar-refractivity contribution in [2.75, 3.05) is 11.9 Å². The molecule has 1 aromatic carbocycles. The van der Waals surface area contributed by atoms with E-state index in [1.807, 2.05) is 0 Å². The van der Waals surface area contributed by atoms with Gasteiger partial charge < -0.3 is 10.6 Å². The van der Waals surface area contributed by atoms with Gasteiger partial charge in [-0.2, -0.15) is 13.2 Å². The zero-order chi connectivity index (χ0) is 14.0. The van der Waals surface area contributed by atoms with E-state index in [9.17, 15) is 18.0 Å². The Labute approximate surface area is 116 Å². The number of carbonyl (C=O) groups is 1. The number of hydrogen-bond acceptors (Lipinski definition) is 2. The summed E-state index contributed by atoms with van der Waals surface area (Å²) in [5, 5.41) is 5.29. The van der Waals surface area contributed by atoms with Gasteiger partial charge in [-0.15, -0.1) is 0 Å². The highest BCUT2D eigenvalue weighted by Gasteiger charge is 2.34. The molecule has 0 unspecified atom stereocenters. The maximum atomic E-state index is 12.9. The van der Waals surface area contributed by atoms with E-state index in [0.717, 1.165) is 12.5 Å². The van der Waals surface area contributed by atoms with Crippen molar-refractivity contribution in [3.8, 4) is 0 Å². The number of hydrogen-bond donors (Lipinski definition) is 2. The summed E-state index contributed by atoms with van der Waals surface area (Å²) in [6.45, 7) is 0.713. The highest BCUT2D eigenvalue weighted by atomic mass is 79.9. The Kier molecular flexibility index (Phi) is 4.15. The number of benzene rings is 1. The molecule has 7 heteroatoms. The lowest BCUT2D eigenvalue weighted by molar-refractivity contribution is -0.137. The van der Waals surface area contributed by atoms with Crippen LogP contribution in [0.25, 0.3) is 0 Å². The Balaban J connectivity index is 2.22. The van der Waals surface area contributed by atoms with Crippen molar-refractivity contribution >= 4 is 27.5 Å². The molecule has 1 aliphatic rings. The lowest BCUT2D eigenvalue weighted by Crippen LogP contribution is -2.36. The van der Waals surface area contributed by atoms with Crippen LogP contribution >= 0.6 is 15.9 Å². The topological polar surface area (TPSA) is 41.1 Å². The lowest BCUT2D eigenvalue weighted by Gasteiger charge is -2.16. The molecule has 0 bridgehead atoms. The van der Waals surface area contributed by atoms with Crippen molar-refractivity contribution in [3.63, 3.8) is 0 Å². The minimum Gasteiger partial charge on any atom is -0.324 e. The van der Waals surface area contributed by atoms with Crippen molar-refractivity contribution in [2.45, 2.75) is 25.1 Å². The van der Waals surface area contributed by atoms with Gasteiger partial charge in [0, 0.05) is 4.47 Å². The number of nitrogens with one attached hydrogen (secondary N) is 2. The largest absolute Gasteiger partial charge is 0.418 e. The second-order valence-electron chi connectivity index (χ2n) is 4.33. The molecule has 0 saturated carbocycles. The van der Waals surface area contributed by atoms with Crippen molar-refractivity contribution in [3.05, 3.63) is 28.2 Å². The maximum Gasteiger partial charge on any atom is 0.418 e. The van der Waals surface area contributed by atoms with Gasteiger partial charge >= 0.3 is 6.18 Å². The molecule has 0 aromatic heterocycles. The van der Waals surface area contributed by atoms with E-state index < -0.39 is 23.7 Å². The van der Waals surface area contributed by atoms with Crippen LogP contribution in [0.2, 0.25) is 0 Å². The van der Waals surface area contributed by atoms with Crippen LogP contribution in [0.15, 0.2) is 22.7 Å². The molecule has 104 valence electrons. The van der Waals surface area contributed by atoms with Crippen LogP contribution in [0.1, 0.15) is 18.4 Å². The first-order valence-electron chi connectivity index (χ1n) is 5.79. The summed E-state index contributed by atoms with van der Waals surface area (Å²) >= 11 is 3.00. The highest BCUT2D eigenvalue weighted by Crippen LogP contribution is 2.36. The Morgan fingerprint density at radius 1 is 1.42 bits per heavy atom. The molecular formula is C12H12BrF3N2O. The maximum absolute atomic E-state index is 12.9. The second kappa shape index (κ2) is 5.50. The first-order chi connectivity index (χ1) is 8.88. The van der Waals surface area contributed by atoms with Crippen molar-refractivity contribution in [1.29, 1.82) is 0 Å². The predicted molar refractivity (Wildman–Crippen MR) is 68.8 cm³/mol. The zero-order valence-electron chi connectivity index (χ0n) is 9.85. The fraction of sp³-hybridized carbons (Fsp3) is 0.417. The van der Waals surface area contributed by atoms with Gasteiger partial charge in [0.05, 0.1) is 17.3 Å². The van der Waals surface area contributed by atoms with Crippen LogP contribution < -0.4 is 10.6 Å². The van der Waals surface area contributed by atoms with E-state index in [2.05, 4.69) is 26.6 Å². The molecule has 2 N–H and O–H groups in total. The monoisotopic (exact) mass is 336 g/mol. The van der Waals surface area contributed by atoms with Gasteiger partial charge in [0.25, 0.3) is 0 Å². The molecule has 1 saturated heterocycles. The number of anilines is 1. The van der Waals surface area contributed by atoms with E-state index in [4.69, 9.17) is 0 Å². The molecule has 1 aliphatic heterocycles. The summed E-state index contributed by atoms with van der Waals surface area (Å²) in [5.74, 6) is -0.426. The minimum atomic E-state index is -4.50. The third kappa shape index (κ3) is 3.48. The van der Waals surface area contributed by atoms with Crippen molar-refractivity contribution < 1.29 is 18.0 Å². The summed E-state index contributed by atoms with van der Waals surface area (Å²) in [6, 6.07) is 3.26. The van der Waals surface area contributed by atoms with E-state index in [-0.39, 0.29) is 5.69 Å². The number of alkyl halides is 3. The molecule has 2 rings (SSSR count). The molecule has 1 aromatic rings. The number of halogens is 4. The summed E-state index contributed by atoms with van der Waals surface area (Å²) in [5.41, 5.74) is -1.07. The van der Waals surface area contributed by atoms with Gasteiger partial charge in [-0.1, -0.05) is 15.9 Å². The van der Waals surface area contributed by atoms with Crippen molar-refractivity contribution in [2.24, 2.45) is 0 Å². The first-order valence-corrected chi connectivity index (χ1v) is 6.58. The molecule has 1 atom stereocenters. The second-order valence-corrected chi connectivity index (χ2v) is 5.24. The van der Waals surface area contributed by atoms with Crippen LogP contribution in [0, 0.1) is 0 Å². The fourth-order valence-electron chi connectivity index (χ4n) is 1.99. The van der Waals surface area contributed by atoms with Crippen molar-refractivity contribution in [1.82, 2.24) is 5.32 Å². The van der Waals surface area contributed by atoms with Crippen LogP contribution in [-0.2, 0) is 11.0 Å². The van der Waals surface area contributed by atoms with Gasteiger partial charge in [0.15, 0.2) is 0 Å². The molecule has 1 fully saturated rings. The molecule has 1 amide bonds. The van der Waals surface area contributed by atoms with E-state index in [0.29, 0.717) is 17.4 Å². The van der Waals surface area contributed by atoms with E-state index in [1.165, 1.54) is 12.1 Å². The SMILES string of the molecule is O=C(Nc1ccc(Br)cc1C(F)(F)F)[C@H]1CCCN1. The summed E-state index contributed by atoms with van der Waals surface area (Å²) < 4.78 is 38.9. The molecule has 19 heavy (non-hydrogen) atoms. The van der Waals surface area contributed by atoms with Gasteiger partial charge in [-0.25, -0.2) is 0 Å². The fourth-order valence-corrected chi connectivity index (χ4v) is 2.35. The quantitative estimate of drug-likeness (QED) is 0.871. The average molecular weight is 337 g/mol. The Hall–Kier alpha value is -1.08. The third-order valence-corrected chi connectivity index (χ3v) is 3.41. The van der Waals surface area contributed by atoms with E-state index in [1.54, 1.807) is 0 Å². The summed E-state index contributed by atoms with van der Waals surface area (Å²) in [6.07, 6.45) is -3.01. The molecule has 0 aliphatic carbocycles. The molecule has 0 radical (unpaired) electrons. The third-order valence-electron chi connectivity index (χ3n) is 2.92. The van der Waals surface area contributed by atoms with Gasteiger partial charge in [0.1, 0.15) is 0 Å². The smallest absolute Gasteiger partial charge is 0.324 e. The van der Waals surface area contributed by atoms with Crippen LogP contribution in [0.5, 0.6) is 0 Å². The molecular weight excluding hydrogens is 325 g/mol. The number of carbonyl (C=O) groups excluding carboxylic acids is 1. The highest BCUT2D eigenvalue weighted by molar-refractivity contribution is 9.10. The molecule has 1 heterocycles. The van der Waals surface area contributed by atoms with E-state index >= 15 is 0 Å². The number of amides is 1. The van der Waals surface area contributed by atoms with Crippen LogP contribution in [-0.4, -0.2) is 18.5 Å². The van der Waals surface area contributed by atoms with Gasteiger partial charge in [0.2, 0.25) is 5.91 Å². The summed E-state index contributed by atoms with van der Waals surface area (Å²) in [4.78, 5) is 11.8. The average Bonchev–Trinajstić information content (AvgIpc) is 2.83. The van der Waals surface area contributed by atoms with Gasteiger partial charge in [-0.3, -0.25) is 4.79 Å². The molecule has 0 spiro atoms. The number of rotatable bonds is 2.